The molecule has 0 heterocycles. The lowest BCUT2D eigenvalue weighted by Crippen LogP contribution is -2.52. The Morgan fingerprint density at radius 2 is 1.84 bits per heavy atom. The summed E-state index contributed by atoms with van der Waals surface area (Å²) in [5.74, 6) is -3.01. The van der Waals surface area contributed by atoms with Crippen LogP contribution in [-0.4, -0.2) is 29.1 Å². The molecule has 0 radical (unpaired) electrons. The van der Waals surface area contributed by atoms with Gasteiger partial charge in [-0.15, -0.1) is 0 Å². The second kappa shape index (κ2) is 6.20. The summed E-state index contributed by atoms with van der Waals surface area (Å²) < 4.78 is 38.7. The molecule has 0 aromatic heterocycles. The lowest BCUT2D eigenvalue weighted by Gasteiger charge is -2.52. The number of hydrogen-bond donors (Lipinski definition) is 2. The van der Waals surface area contributed by atoms with Crippen LogP contribution < -0.4 is 5.32 Å². The predicted molar refractivity (Wildman–Crippen MR) is 83.7 cm³/mol. The quantitative estimate of drug-likeness (QED) is 0.824. The average Bonchev–Trinajstić information content (AvgIpc) is 2.47. The van der Waals surface area contributed by atoms with E-state index in [2.05, 4.69) is 5.32 Å². The van der Waals surface area contributed by atoms with Crippen molar-refractivity contribution in [1.82, 2.24) is 5.32 Å². The van der Waals surface area contributed by atoms with Gasteiger partial charge in [0.15, 0.2) is 0 Å². The number of Topliss-reactive ketones (excluding diaryl/α,β-unsaturated/α-hetero) is 1. The topological polar surface area (TPSA) is 66.4 Å². The van der Waals surface area contributed by atoms with E-state index in [1.807, 2.05) is 0 Å². The number of carboxylic acids is 1. The number of alkyl halides is 3. The Morgan fingerprint density at radius 3 is 2.32 bits per heavy atom. The average molecular weight is 353 g/mol. The van der Waals surface area contributed by atoms with Crippen molar-refractivity contribution in [2.45, 2.75) is 44.3 Å². The smallest absolute Gasteiger partial charge is 0.454 e. The minimum atomic E-state index is -4.94. The SMILES string of the molecule is O=C(O)C(Cc1ccccc1)NC1=C(C(=O)C(F)(F)F)C2(CCC2)C1. The van der Waals surface area contributed by atoms with Crippen molar-refractivity contribution >= 4 is 11.8 Å². The predicted octanol–water partition coefficient (Wildman–Crippen LogP) is 3.23. The van der Waals surface area contributed by atoms with Gasteiger partial charge in [-0.25, -0.2) is 4.79 Å². The van der Waals surface area contributed by atoms with Gasteiger partial charge in [0.25, 0.3) is 5.78 Å². The molecular weight excluding hydrogens is 335 g/mol. The number of carbonyl (C=O) groups is 2. The molecule has 4 nitrogen and oxygen atoms in total. The molecule has 2 N–H and O–H groups in total. The standard InChI is InChI=1S/C18H18F3NO3/c19-18(20,21)15(23)14-13(10-17(14)7-4-8-17)22-12(16(24)25)9-11-5-2-1-3-6-11/h1-3,5-6,12,22H,4,7-10H2,(H,24,25). The number of aliphatic carboxylic acids is 1. The normalized spacial score (nSPS) is 19.8. The zero-order valence-corrected chi connectivity index (χ0v) is 13.4. The summed E-state index contributed by atoms with van der Waals surface area (Å²) in [7, 11) is 0. The molecule has 1 aromatic carbocycles. The maximum Gasteiger partial charge on any atom is 0.454 e. The molecule has 1 aromatic rings. The van der Waals surface area contributed by atoms with Gasteiger partial charge in [0.1, 0.15) is 6.04 Å². The van der Waals surface area contributed by atoms with E-state index in [4.69, 9.17) is 0 Å². The Morgan fingerprint density at radius 1 is 1.20 bits per heavy atom. The largest absolute Gasteiger partial charge is 0.480 e. The summed E-state index contributed by atoms with van der Waals surface area (Å²) in [5, 5.41) is 12.1. The van der Waals surface area contributed by atoms with Gasteiger partial charge >= 0.3 is 12.1 Å². The van der Waals surface area contributed by atoms with Crippen LogP contribution in [-0.2, 0) is 16.0 Å². The third-order valence-corrected chi connectivity index (χ3v) is 5.07. The van der Waals surface area contributed by atoms with Crippen LogP contribution in [0.5, 0.6) is 0 Å². The van der Waals surface area contributed by atoms with Gasteiger partial charge in [-0.3, -0.25) is 4.79 Å². The van der Waals surface area contributed by atoms with E-state index in [0.717, 1.165) is 12.0 Å². The van der Waals surface area contributed by atoms with E-state index in [9.17, 15) is 27.9 Å². The minimum Gasteiger partial charge on any atom is -0.480 e. The van der Waals surface area contributed by atoms with E-state index in [0.29, 0.717) is 19.3 Å². The number of rotatable bonds is 6. The summed E-state index contributed by atoms with van der Waals surface area (Å²) in [6, 6.07) is 7.74. The Balaban J connectivity index is 1.84. The molecule has 1 unspecified atom stereocenters. The molecule has 0 saturated heterocycles. The van der Waals surface area contributed by atoms with Crippen LogP contribution in [0.15, 0.2) is 41.6 Å². The Bertz CT molecular complexity index is 721. The van der Waals surface area contributed by atoms with Gasteiger partial charge in [-0.2, -0.15) is 13.2 Å². The summed E-state index contributed by atoms with van der Waals surface area (Å²) in [5.41, 5.74) is -0.0784. The first-order valence-corrected chi connectivity index (χ1v) is 8.11. The van der Waals surface area contributed by atoms with E-state index < -0.39 is 29.4 Å². The number of carboxylic acid groups (broad SMARTS) is 1. The van der Waals surface area contributed by atoms with Crippen molar-refractivity contribution in [3.8, 4) is 0 Å². The molecule has 2 aliphatic rings. The van der Waals surface area contributed by atoms with Crippen LogP contribution >= 0.6 is 0 Å². The molecule has 1 atom stereocenters. The van der Waals surface area contributed by atoms with Crippen LogP contribution in [0.2, 0.25) is 0 Å². The van der Waals surface area contributed by atoms with Crippen molar-refractivity contribution in [3.05, 3.63) is 47.2 Å². The van der Waals surface area contributed by atoms with Crippen LogP contribution in [0.3, 0.4) is 0 Å². The highest BCUT2D eigenvalue weighted by Crippen LogP contribution is 2.60. The number of halogens is 3. The van der Waals surface area contributed by atoms with E-state index in [1.54, 1.807) is 30.3 Å². The lowest BCUT2D eigenvalue weighted by molar-refractivity contribution is -0.169. The Labute approximate surface area is 142 Å². The zero-order valence-electron chi connectivity index (χ0n) is 13.4. The highest BCUT2D eigenvalue weighted by molar-refractivity contribution is 6.03. The summed E-state index contributed by atoms with van der Waals surface area (Å²) >= 11 is 0. The number of benzene rings is 1. The molecule has 1 saturated carbocycles. The number of hydrogen-bond acceptors (Lipinski definition) is 3. The van der Waals surface area contributed by atoms with Crippen LogP contribution in [0.4, 0.5) is 13.2 Å². The molecule has 3 rings (SSSR count). The summed E-state index contributed by atoms with van der Waals surface area (Å²) in [6.07, 6.45) is -2.63. The van der Waals surface area contributed by atoms with Crippen molar-refractivity contribution in [3.63, 3.8) is 0 Å². The molecule has 0 amide bonds. The van der Waals surface area contributed by atoms with Gasteiger partial charge in [0, 0.05) is 23.1 Å². The molecule has 7 heteroatoms. The maximum atomic E-state index is 12.9. The Hall–Kier alpha value is -2.31. The van der Waals surface area contributed by atoms with E-state index in [1.165, 1.54) is 0 Å². The van der Waals surface area contributed by atoms with Crippen molar-refractivity contribution in [2.75, 3.05) is 0 Å². The highest BCUT2D eigenvalue weighted by atomic mass is 19.4. The first kappa shape index (κ1) is 17.5. The number of ketones is 1. The lowest BCUT2D eigenvalue weighted by atomic mass is 9.53. The van der Waals surface area contributed by atoms with E-state index >= 15 is 0 Å². The molecule has 25 heavy (non-hydrogen) atoms. The monoisotopic (exact) mass is 353 g/mol. The Kier molecular flexibility index (Phi) is 4.34. The molecule has 2 aliphatic carbocycles. The fraction of sp³-hybridized carbons (Fsp3) is 0.444. The number of carbonyl (C=O) groups excluding carboxylic acids is 1. The number of allylic oxidation sites excluding steroid dienone is 2. The first-order chi connectivity index (χ1) is 11.7. The second-order valence-electron chi connectivity index (χ2n) is 6.72. The fourth-order valence-corrected chi connectivity index (χ4v) is 3.66. The molecule has 1 fully saturated rings. The van der Waals surface area contributed by atoms with Crippen LogP contribution in [0.1, 0.15) is 31.2 Å². The molecule has 0 aliphatic heterocycles. The molecule has 0 bridgehead atoms. The van der Waals surface area contributed by atoms with Crippen molar-refractivity contribution in [2.24, 2.45) is 5.41 Å². The highest BCUT2D eigenvalue weighted by Gasteiger charge is 2.57. The van der Waals surface area contributed by atoms with Gasteiger partial charge in [-0.1, -0.05) is 36.8 Å². The van der Waals surface area contributed by atoms with Gasteiger partial charge in [0.2, 0.25) is 0 Å². The molecular formula is C18H18F3NO3. The van der Waals surface area contributed by atoms with Crippen LogP contribution in [0.25, 0.3) is 0 Å². The number of nitrogens with one attached hydrogen (secondary N) is 1. The first-order valence-electron chi connectivity index (χ1n) is 8.11. The minimum absolute atomic E-state index is 0.125. The summed E-state index contributed by atoms with van der Waals surface area (Å²) in [6.45, 7) is 0. The van der Waals surface area contributed by atoms with Gasteiger partial charge in [0.05, 0.1) is 0 Å². The third kappa shape index (κ3) is 3.27. The molecule has 134 valence electrons. The molecule has 1 spiro atoms. The van der Waals surface area contributed by atoms with Crippen LogP contribution in [0, 0.1) is 5.41 Å². The third-order valence-electron chi connectivity index (χ3n) is 5.07. The van der Waals surface area contributed by atoms with Gasteiger partial charge in [-0.05, 0) is 24.8 Å². The van der Waals surface area contributed by atoms with Crippen molar-refractivity contribution < 1.29 is 27.9 Å². The van der Waals surface area contributed by atoms with E-state index in [-0.39, 0.29) is 17.7 Å². The zero-order chi connectivity index (χ0) is 18.2. The second-order valence-corrected chi connectivity index (χ2v) is 6.72. The summed E-state index contributed by atoms with van der Waals surface area (Å²) in [4.78, 5) is 23.3. The van der Waals surface area contributed by atoms with Crippen molar-refractivity contribution in [1.29, 1.82) is 0 Å². The van der Waals surface area contributed by atoms with Gasteiger partial charge < -0.3 is 10.4 Å². The maximum absolute atomic E-state index is 12.9. The fourth-order valence-electron chi connectivity index (χ4n) is 3.66.